The van der Waals surface area contributed by atoms with Crippen molar-refractivity contribution in [3.05, 3.63) is 12.2 Å². The molecule has 4 N–H and O–H groups in total. The predicted molar refractivity (Wildman–Crippen MR) is 203 cm³/mol. The van der Waals surface area contributed by atoms with Gasteiger partial charge in [-0.05, 0) is 31.6 Å². The molecule has 50 heavy (non-hydrogen) atoms. The van der Waals surface area contributed by atoms with Gasteiger partial charge in [-0.2, -0.15) is 0 Å². The Morgan fingerprint density at radius 3 is 1.68 bits per heavy atom. The minimum absolute atomic E-state index is 0.0313. The quantitative estimate of drug-likeness (QED) is 0.0295. The number of aliphatic hydroxyl groups is 4. The van der Waals surface area contributed by atoms with Crippen LogP contribution >= 0.6 is 0 Å². The smallest absolute Gasteiger partial charge is 0.306 e. The van der Waals surface area contributed by atoms with Crippen LogP contribution in [0, 0.1) is 11.8 Å². The maximum atomic E-state index is 12.2. The summed E-state index contributed by atoms with van der Waals surface area (Å²) in [6, 6.07) is 0. The molecule has 8 heteroatoms. The van der Waals surface area contributed by atoms with Gasteiger partial charge in [0.2, 0.25) is 0 Å². The number of hydrogen-bond donors (Lipinski definition) is 4. The van der Waals surface area contributed by atoms with E-state index in [1.165, 1.54) is 83.5 Å². The number of carbonyl (C=O) groups excluding carboxylic acids is 2. The standard InChI is InChI=1S/C42H78O8/c1-3-5-7-8-9-10-11-12-13-14-15-16-17-18-19-25-29-42(48)50-36(33-43)34-49-41(47)28-24-21-20-23-27-37-38(40(46)32-39(37)45)31-30-35(44)26-22-6-4-2/h30-31,35-40,43-46H,3-29,32-34H2,1-2H3/b31-30+/t35-,36-,37+,38+,39-,40+/m0/s1. The van der Waals surface area contributed by atoms with Crippen LogP contribution in [0.15, 0.2) is 12.2 Å². The molecule has 1 aliphatic rings. The first kappa shape index (κ1) is 46.5. The van der Waals surface area contributed by atoms with Crippen molar-refractivity contribution < 1.29 is 39.5 Å². The zero-order valence-corrected chi connectivity index (χ0v) is 32.3. The molecular weight excluding hydrogens is 632 g/mol. The fourth-order valence-electron chi connectivity index (χ4n) is 7.18. The minimum Gasteiger partial charge on any atom is -0.462 e. The molecule has 1 aliphatic carbocycles. The monoisotopic (exact) mass is 711 g/mol. The van der Waals surface area contributed by atoms with Gasteiger partial charge in [-0.15, -0.1) is 0 Å². The number of esters is 2. The zero-order valence-electron chi connectivity index (χ0n) is 32.3. The van der Waals surface area contributed by atoms with Crippen LogP contribution in [0.5, 0.6) is 0 Å². The molecule has 0 aromatic rings. The summed E-state index contributed by atoms with van der Waals surface area (Å²) in [4.78, 5) is 24.5. The van der Waals surface area contributed by atoms with E-state index in [2.05, 4.69) is 13.8 Å². The molecule has 294 valence electrons. The fourth-order valence-corrected chi connectivity index (χ4v) is 7.18. The molecule has 0 aliphatic heterocycles. The maximum absolute atomic E-state index is 12.2. The molecule has 0 spiro atoms. The summed E-state index contributed by atoms with van der Waals surface area (Å²) in [5.41, 5.74) is 0. The number of unbranched alkanes of at least 4 members (excludes halogenated alkanes) is 20. The van der Waals surface area contributed by atoms with E-state index in [-0.39, 0.29) is 43.4 Å². The van der Waals surface area contributed by atoms with Crippen molar-refractivity contribution in [2.45, 2.75) is 218 Å². The summed E-state index contributed by atoms with van der Waals surface area (Å²) >= 11 is 0. The molecule has 0 bridgehead atoms. The van der Waals surface area contributed by atoms with E-state index in [0.717, 1.165) is 64.2 Å². The van der Waals surface area contributed by atoms with Crippen LogP contribution in [-0.4, -0.2) is 70.0 Å². The van der Waals surface area contributed by atoms with Gasteiger partial charge in [0.05, 0.1) is 24.9 Å². The molecule has 0 heterocycles. The van der Waals surface area contributed by atoms with Gasteiger partial charge in [0, 0.05) is 25.2 Å². The number of hydrogen-bond acceptors (Lipinski definition) is 8. The minimum atomic E-state index is -0.833. The molecule has 0 saturated heterocycles. The first-order chi connectivity index (χ1) is 24.3. The van der Waals surface area contributed by atoms with Gasteiger partial charge in [-0.25, -0.2) is 0 Å². The maximum Gasteiger partial charge on any atom is 0.306 e. The van der Waals surface area contributed by atoms with Gasteiger partial charge in [-0.1, -0.05) is 161 Å². The van der Waals surface area contributed by atoms with Crippen LogP contribution in [-0.2, 0) is 19.1 Å². The van der Waals surface area contributed by atoms with Gasteiger partial charge in [0.15, 0.2) is 6.10 Å². The van der Waals surface area contributed by atoms with Gasteiger partial charge in [0.1, 0.15) is 6.61 Å². The van der Waals surface area contributed by atoms with Crippen molar-refractivity contribution in [1.29, 1.82) is 0 Å². The van der Waals surface area contributed by atoms with Crippen molar-refractivity contribution in [2.75, 3.05) is 13.2 Å². The highest BCUT2D eigenvalue weighted by Crippen LogP contribution is 2.37. The number of aliphatic hydroxyl groups excluding tert-OH is 4. The molecule has 1 saturated carbocycles. The zero-order chi connectivity index (χ0) is 36.7. The number of rotatable bonds is 34. The van der Waals surface area contributed by atoms with Crippen LogP contribution in [0.3, 0.4) is 0 Å². The summed E-state index contributed by atoms with van der Waals surface area (Å²) in [5.74, 6) is -0.903. The Morgan fingerprint density at radius 1 is 0.660 bits per heavy atom. The first-order valence-electron chi connectivity index (χ1n) is 21.0. The van der Waals surface area contributed by atoms with Crippen molar-refractivity contribution in [3.63, 3.8) is 0 Å². The van der Waals surface area contributed by atoms with Crippen molar-refractivity contribution in [1.82, 2.24) is 0 Å². The van der Waals surface area contributed by atoms with Crippen LogP contribution in [0.25, 0.3) is 0 Å². The lowest BCUT2D eigenvalue weighted by molar-refractivity contribution is -0.161. The Kier molecular flexibility index (Phi) is 30.0. The van der Waals surface area contributed by atoms with Crippen molar-refractivity contribution in [3.8, 4) is 0 Å². The first-order valence-corrected chi connectivity index (χ1v) is 21.0. The molecule has 0 radical (unpaired) electrons. The normalized spacial score (nSPS) is 20.4. The third-order valence-electron chi connectivity index (χ3n) is 10.4. The SMILES string of the molecule is CCCCCCCCCCCCCCCCCCC(=O)O[C@@H](CO)COC(=O)CCCCCC[C@@H]1[C@@H](/C=C/[C@@H](O)CCCCC)[C@H](O)C[C@@H]1O. The van der Waals surface area contributed by atoms with Crippen molar-refractivity contribution in [2.24, 2.45) is 11.8 Å². The summed E-state index contributed by atoms with van der Waals surface area (Å²) in [5, 5.41) is 40.8. The third kappa shape index (κ3) is 24.7. The highest BCUT2D eigenvalue weighted by atomic mass is 16.6. The Balaban J connectivity index is 2.05. The lowest BCUT2D eigenvalue weighted by Crippen LogP contribution is -2.28. The largest absolute Gasteiger partial charge is 0.462 e. The van der Waals surface area contributed by atoms with Crippen LogP contribution in [0.4, 0.5) is 0 Å². The molecular formula is C42H78O8. The second kappa shape index (κ2) is 32.2. The van der Waals surface area contributed by atoms with E-state index < -0.39 is 24.4 Å². The lowest BCUT2D eigenvalue weighted by Gasteiger charge is -2.21. The molecule has 0 unspecified atom stereocenters. The number of ether oxygens (including phenoxy) is 2. The highest BCUT2D eigenvalue weighted by Gasteiger charge is 2.39. The molecule has 0 aromatic heterocycles. The lowest BCUT2D eigenvalue weighted by atomic mass is 9.88. The van der Waals surface area contributed by atoms with Crippen LogP contribution in [0.2, 0.25) is 0 Å². The van der Waals surface area contributed by atoms with E-state index in [4.69, 9.17) is 9.47 Å². The average molecular weight is 711 g/mol. The van der Waals surface area contributed by atoms with Gasteiger partial charge in [0.25, 0.3) is 0 Å². The Morgan fingerprint density at radius 2 is 1.14 bits per heavy atom. The predicted octanol–water partition coefficient (Wildman–Crippen LogP) is 9.28. The van der Waals surface area contributed by atoms with Gasteiger partial charge in [-0.3, -0.25) is 9.59 Å². The summed E-state index contributed by atoms with van der Waals surface area (Å²) in [6.07, 6.45) is 30.5. The summed E-state index contributed by atoms with van der Waals surface area (Å²) in [6.45, 7) is 3.88. The Bertz CT molecular complexity index is 833. The third-order valence-corrected chi connectivity index (χ3v) is 10.4. The molecule has 0 amide bonds. The highest BCUT2D eigenvalue weighted by molar-refractivity contribution is 5.70. The van der Waals surface area contributed by atoms with E-state index in [1.807, 2.05) is 6.08 Å². The number of carbonyl (C=O) groups is 2. The fraction of sp³-hybridized carbons (Fsp3) is 0.905. The summed E-state index contributed by atoms with van der Waals surface area (Å²) in [7, 11) is 0. The Hall–Kier alpha value is -1.48. The van der Waals surface area contributed by atoms with Gasteiger partial charge < -0.3 is 29.9 Å². The summed E-state index contributed by atoms with van der Waals surface area (Å²) < 4.78 is 10.6. The topological polar surface area (TPSA) is 134 Å². The molecule has 6 atom stereocenters. The van der Waals surface area contributed by atoms with Crippen LogP contribution < -0.4 is 0 Å². The second-order valence-corrected chi connectivity index (χ2v) is 15.0. The average Bonchev–Trinajstić information content (AvgIpc) is 3.37. The molecule has 1 rings (SSSR count). The van der Waals surface area contributed by atoms with E-state index >= 15 is 0 Å². The van der Waals surface area contributed by atoms with Gasteiger partial charge >= 0.3 is 11.9 Å². The molecule has 0 aromatic carbocycles. The molecule has 8 nitrogen and oxygen atoms in total. The Labute approximate surface area is 306 Å². The van der Waals surface area contributed by atoms with E-state index in [9.17, 15) is 30.0 Å². The second-order valence-electron chi connectivity index (χ2n) is 15.0. The van der Waals surface area contributed by atoms with Crippen molar-refractivity contribution >= 4 is 11.9 Å². The van der Waals surface area contributed by atoms with E-state index in [0.29, 0.717) is 25.7 Å². The van der Waals surface area contributed by atoms with E-state index in [1.54, 1.807) is 6.08 Å². The molecule has 1 fully saturated rings. The van der Waals surface area contributed by atoms with Crippen LogP contribution in [0.1, 0.15) is 194 Å².